The van der Waals surface area contributed by atoms with Gasteiger partial charge in [0.2, 0.25) is 0 Å². The summed E-state index contributed by atoms with van der Waals surface area (Å²) in [4.78, 5) is 16.4. The smallest absolute Gasteiger partial charge is 0.550 e. The topological polar surface area (TPSA) is 89.4 Å². The van der Waals surface area contributed by atoms with Crippen molar-refractivity contribution in [2.24, 2.45) is 5.16 Å². The molecule has 0 heterocycles. The Balaban J connectivity index is 0.00000432. The number of hydrogen-bond acceptors (Lipinski definition) is 7. The van der Waals surface area contributed by atoms with Crippen LogP contribution in [0.4, 0.5) is 0 Å². The molecule has 0 unspecified atom stereocenters. The molecule has 0 fully saturated rings. The van der Waals surface area contributed by atoms with Crippen LogP contribution in [-0.2, 0) is 16.1 Å². The zero-order chi connectivity index (χ0) is 24.3. The molecule has 3 rings (SSSR count). The third kappa shape index (κ3) is 9.64. The van der Waals surface area contributed by atoms with Crippen molar-refractivity contribution in [1.82, 2.24) is 0 Å². The Labute approximate surface area is 228 Å². The van der Waals surface area contributed by atoms with Gasteiger partial charge in [0.25, 0.3) is 0 Å². The van der Waals surface area contributed by atoms with Crippen molar-refractivity contribution < 1.29 is 58.5 Å². The van der Waals surface area contributed by atoms with E-state index in [4.69, 9.17) is 19.0 Å². The Morgan fingerprint density at radius 1 is 0.914 bits per heavy atom. The summed E-state index contributed by atoms with van der Waals surface area (Å²) < 4.78 is 17.6. The monoisotopic (exact) mass is 485 g/mol. The van der Waals surface area contributed by atoms with Crippen molar-refractivity contribution in [3.63, 3.8) is 0 Å². The van der Waals surface area contributed by atoms with Crippen molar-refractivity contribution >= 4 is 11.7 Å². The number of nitrogens with zero attached hydrogens (tertiary/aromatic N) is 1. The fraction of sp³-hybridized carbons (Fsp3) is 0.259. The molecule has 0 spiro atoms. The molecule has 0 saturated carbocycles. The van der Waals surface area contributed by atoms with Crippen LogP contribution in [0.25, 0.3) is 0 Å². The van der Waals surface area contributed by atoms with E-state index in [9.17, 15) is 9.90 Å². The summed E-state index contributed by atoms with van der Waals surface area (Å²) in [7, 11) is 0. The Morgan fingerprint density at radius 2 is 1.63 bits per heavy atom. The van der Waals surface area contributed by atoms with Crippen LogP contribution in [0.1, 0.15) is 31.9 Å². The molecule has 0 bridgehead atoms. The second-order valence-corrected chi connectivity index (χ2v) is 7.72. The molecule has 0 radical (unpaired) electrons. The number of hydrogen-bond donors (Lipinski definition) is 0. The first-order valence-corrected chi connectivity index (χ1v) is 11.1. The van der Waals surface area contributed by atoms with Crippen LogP contribution in [0.2, 0.25) is 0 Å². The van der Waals surface area contributed by atoms with E-state index in [0.29, 0.717) is 35.1 Å². The van der Waals surface area contributed by atoms with E-state index in [2.05, 4.69) is 5.16 Å². The maximum absolute atomic E-state index is 11.1. The van der Waals surface area contributed by atoms with Gasteiger partial charge in [0.15, 0.2) is 0 Å². The number of benzene rings is 3. The van der Waals surface area contributed by atoms with E-state index in [1.807, 2.05) is 75.4 Å². The number of carbonyl (C=O) groups is 1. The number of oxime groups is 1. The fourth-order valence-corrected chi connectivity index (χ4v) is 3.14. The number of ether oxygens (including phenoxy) is 3. The summed E-state index contributed by atoms with van der Waals surface area (Å²) >= 11 is 0. The first kappa shape index (κ1) is 28.2. The quantitative estimate of drug-likeness (QED) is 0.219. The van der Waals surface area contributed by atoms with Crippen molar-refractivity contribution in [3.8, 4) is 23.0 Å². The van der Waals surface area contributed by atoms with E-state index in [0.717, 1.165) is 11.3 Å². The zero-order valence-electron chi connectivity index (χ0n) is 20.5. The van der Waals surface area contributed by atoms with Crippen LogP contribution in [0.15, 0.2) is 78.0 Å². The van der Waals surface area contributed by atoms with Crippen molar-refractivity contribution in [2.75, 3.05) is 13.2 Å². The molecular formula is C27H28NNaO6. The number of carboxylic acid groups (broad SMARTS) is 1. The molecule has 0 saturated heterocycles. The number of carbonyl (C=O) groups excluding carboxylic acids is 1. The van der Waals surface area contributed by atoms with Crippen molar-refractivity contribution in [3.05, 3.63) is 83.9 Å². The normalized spacial score (nSPS) is 10.9. The number of carboxylic acids is 1. The Hall–Kier alpha value is -3.00. The molecule has 35 heavy (non-hydrogen) atoms. The molecule has 0 N–H and O–H groups in total. The first-order chi connectivity index (χ1) is 16.4. The minimum Gasteiger partial charge on any atom is -0.550 e. The van der Waals surface area contributed by atoms with Gasteiger partial charge in [-0.1, -0.05) is 35.5 Å². The largest absolute Gasteiger partial charge is 1.00 e. The summed E-state index contributed by atoms with van der Waals surface area (Å²) in [6.45, 7) is 6.12. The molecule has 3 aromatic rings. The third-order valence-corrected chi connectivity index (χ3v) is 4.49. The Morgan fingerprint density at radius 3 is 2.31 bits per heavy atom. The average molecular weight is 486 g/mol. The van der Waals surface area contributed by atoms with Crippen LogP contribution in [-0.4, -0.2) is 31.0 Å². The van der Waals surface area contributed by atoms with Gasteiger partial charge < -0.3 is 28.9 Å². The maximum Gasteiger partial charge on any atom is 1.00 e. The van der Waals surface area contributed by atoms with Gasteiger partial charge in [0.1, 0.15) is 41.9 Å². The van der Waals surface area contributed by atoms with Crippen LogP contribution < -0.4 is 48.9 Å². The van der Waals surface area contributed by atoms with Gasteiger partial charge in [-0.05, 0) is 62.7 Å². The van der Waals surface area contributed by atoms with Gasteiger partial charge in [-0.3, -0.25) is 0 Å². The molecule has 3 aromatic carbocycles. The second-order valence-electron chi connectivity index (χ2n) is 7.72. The second kappa shape index (κ2) is 14.4. The minimum atomic E-state index is -1.18. The maximum atomic E-state index is 11.1. The van der Waals surface area contributed by atoms with Crippen LogP contribution in [0, 0.1) is 0 Å². The van der Waals surface area contributed by atoms with Gasteiger partial charge in [0.05, 0.1) is 6.10 Å². The minimum absolute atomic E-state index is 0. The van der Waals surface area contributed by atoms with Gasteiger partial charge in [0, 0.05) is 24.0 Å². The van der Waals surface area contributed by atoms with E-state index in [-0.39, 0.29) is 48.7 Å². The Bertz CT molecular complexity index is 1120. The first-order valence-electron chi connectivity index (χ1n) is 11.1. The Kier molecular flexibility index (Phi) is 11.6. The molecule has 178 valence electrons. The third-order valence-electron chi connectivity index (χ3n) is 4.49. The number of para-hydroxylation sites is 1. The van der Waals surface area contributed by atoms with E-state index in [1.54, 1.807) is 18.2 Å². The van der Waals surface area contributed by atoms with Gasteiger partial charge >= 0.3 is 29.6 Å². The molecule has 0 aliphatic carbocycles. The van der Waals surface area contributed by atoms with Gasteiger partial charge in [-0.25, -0.2) is 0 Å². The molecular weight excluding hydrogens is 457 g/mol. The predicted molar refractivity (Wildman–Crippen MR) is 128 cm³/mol. The number of aliphatic carboxylic acids is 1. The van der Waals surface area contributed by atoms with Crippen LogP contribution >= 0.6 is 0 Å². The molecule has 0 amide bonds. The van der Waals surface area contributed by atoms with Crippen molar-refractivity contribution in [2.45, 2.75) is 33.3 Å². The van der Waals surface area contributed by atoms with E-state index < -0.39 is 5.97 Å². The van der Waals surface area contributed by atoms with Crippen LogP contribution in [0.3, 0.4) is 0 Å². The van der Waals surface area contributed by atoms with Gasteiger partial charge in [-0.2, -0.15) is 0 Å². The molecule has 7 nitrogen and oxygen atoms in total. The summed E-state index contributed by atoms with van der Waals surface area (Å²) in [6.07, 6.45) is -0.321. The number of rotatable bonds is 12. The van der Waals surface area contributed by atoms with E-state index >= 15 is 0 Å². The fourth-order valence-electron chi connectivity index (χ4n) is 3.14. The standard InChI is InChI=1S/C27H29NO6.Na/c1-4-32-28-26(21-9-8-12-23(16-21)34-22-10-6-5-7-11-22)18-31-24-13-20(15-27(29)30)14-25(17-24)33-19(2)3;/h5-14,16-17,19H,4,15,18H2,1-3H3,(H,29,30);/q;+1/p-1/b28-26+;. The van der Waals surface area contributed by atoms with Crippen LogP contribution in [0.5, 0.6) is 23.0 Å². The molecule has 0 aliphatic rings. The SMILES string of the molecule is CCO/N=C(\COc1cc(CC(=O)[O-])cc(OC(C)C)c1)c1cccc(Oc2ccccc2)c1.[Na+]. The zero-order valence-corrected chi connectivity index (χ0v) is 22.5. The summed E-state index contributed by atoms with van der Waals surface area (Å²) in [5.74, 6) is 1.17. The van der Waals surface area contributed by atoms with Crippen molar-refractivity contribution in [1.29, 1.82) is 0 Å². The van der Waals surface area contributed by atoms with Gasteiger partial charge in [-0.15, -0.1) is 0 Å². The molecule has 0 atom stereocenters. The summed E-state index contributed by atoms with van der Waals surface area (Å²) in [5, 5.41) is 15.3. The van der Waals surface area contributed by atoms with E-state index in [1.165, 1.54) is 0 Å². The summed E-state index contributed by atoms with van der Waals surface area (Å²) in [6, 6.07) is 22.0. The molecule has 0 aliphatic heterocycles. The summed E-state index contributed by atoms with van der Waals surface area (Å²) in [5.41, 5.74) is 1.85. The predicted octanol–water partition coefficient (Wildman–Crippen LogP) is 1.38. The molecule has 8 heteroatoms. The molecule has 0 aromatic heterocycles. The average Bonchev–Trinajstić information content (AvgIpc) is 2.79.